The molecule has 0 N–H and O–H groups in total. The Morgan fingerprint density at radius 1 is 1.06 bits per heavy atom. The van der Waals surface area contributed by atoms with Crippen molar-refractivity contribution in [2.45, 2.75) is 32.6 Å². The molecule has 1 saturated heterocycles. The van der Waals surface area contributed by atoms with E-state index in [2.05, 4.69) is 26.0 Å². The molecular weight excluding hydrogens is 462 g/mol. The molecule has 7 heteroatoms. The summed E-state index contributed by atoms with van der Waals surface area (Å²) in [6, 6.07) is 19.9. The molecule has 1 atom stereocenters. The molecular formula is C27H27N3O2S2. The third kappa shape index (κ3) is 4.50. The first-order chi connectivity index (χ1) is 16.5. The van der Waals surface area contributed by atoms with E-state index in [1.54, 1.807) is 4.90 Å². The highest BCUT2D eigenvalue weighted by Gasteiger charge is 2.34. The maximum atomic E-state index is 14.0. The number of likely N-dealkylation sites (tertiary alicyclic amines) is 1. The molecule has 0 spiro atoms. The van der Waals surface area contributed by atoms with E-state index in [4.69, 9.17) is 4.98 Å². The van der Waals surface area contributed by atoms with Gasteiger partial charge in [-0.3, -0.25) is 14.5 Å². The number of carbonyl (C=O) groups excluding carboxylic acids is 2. The summed E-state index contributed by atoms with van der Waals surface area (Å²) in [5.41, 5.74) is 2.93. The van der Waals surface area contributed by atoms with Crippen LogP contribution in [0.4, 0.5) is 10.8 Å². The average molecular weight is 490 g/mol. The predicted octanol–water partition coefficient (Wildman–Crippen LogP) is 6.70. The van der Waals surface area contributed by atoms with E-state index >= 15 is 0 Å². The fourth-order valence-electron chi connectivity index (χ4n) is 4.40. The van der Waals surface area contributed by atoms with Gasteiger partial charge in [0.15, 0.2) is 5.13 Å². The molecule has 5 rings (SSSR count). The van der Waals surface area contributed by atoms with Gasteiger partial charge in [-0.15, -0.1) is 11.3 Å². The topological polar surface area (TPSA) is 53.5 Å². The molecule has 1 unspecified atom stereocenters. The summed E-state index contributed by atoms with van der Waals surface area (Å²) < 4.78 is 1.05. The van der Waals surface area contributed by atoms with Crippen LogP contribution < -0.4 is 4.90 Å². The Balaban J connectivity index is 1.47. The maximum Gasteiger partial charge on any atom is 0.263 e. The Morgan fingerprint density at radius 3 is 2.56 bits per heavy atom. The number of piperidine rings is 1. The van der Waals surface area contributed by atoms with E-state index in [1.807, 2.05) is 58.8 Å². The molecule has 1 aliphatic heterocycles. The van der Waals surface area contributed by atoms with Crippen LogP contribution in [0.25, 0.3) is 10.2 Å². The van der Waals surface area contributed by atoms with Crippen LogP contribution in [0.15, 0.2) is 66.0 Å². The van der Waals surface area contributed by atoms with Crippen molar-refractivity contribution in [1.29, 1.82) is 0 Å². The molecule has 2 aromatic heterocycles. The Bertz CT molecular complexity index is 1260. The minimum Gasteiger partial charge on any atom is -0.337 e. The van der Waals surface area contributed by atoms with Crippen molar-refractivity contribution in [2.24, 2.45) is 5.92 Å². The van der Waals surface area contributed by atoms with E-state index < -0.39 is 0 Å². The molecule has 3 heterocycles. The van der Waals surface area contributed by atoms with Gasteiger partial charge in [0.05, 0.1) is 26.7 Å². The van der Waals surface area contributed by atoms with E-state index in [0.717, 1.165) is 33.6 Å². The van der Waals surface area contributed by atoms with Crippen molar-refractivity contribution < 1.29 is 9.59 Å². The number of aromatic nitrogens is 1. The van der Waals surface area contributed by atoms with Gasteiger partial charge in [-0.25, -0.2) is 4.98 Å². The second-order valence-corrected chi connectivity index (χ2v) is 10.9. The number of hydrogen-bond acceptors (Lipinski definition) is 5. The van der Waals surface area contributed by atoms with Gasteiger partial charge in [0.25, 0.3) is 5.91 Å². The summed E-state index contributed by atoms with van der Waals surface area (Å²) in [6.07, 6.45) is 1.58. The van der Waals surface area contributed by atoms with Crippen LogP contribution in [0.3, 0.4) is 0 Å². The molecule has 4 aromatic rings. The first-order valence-corrected chi connectivity index (χ1v) is 13.3. The van der Waals surface area contributed by atoms with Gasteiger partial charge in [-0.05, 0) is 60.0 Å². The zero-order valence-electron chi connectivity index (χ0n) is 19.3. The first kappa shape index (κ1) is 22.7. The molecule has 0 aliphatic carbocycles. The van der Waals surface area contributed by atoms with Gasteiger partial charge in [0.1, 0.15) is 0 Å². The fraction of sp³-hybridized carbons (Fsp3) is 0.296. The number of fused-ring (bicyclic) bond motifs is 1. The van der Waals surface area contributed by atoms with E-state index in [-0.39, 0.29) is 17.7 Å². The fourth-order valence-corrected chi connectivity index (χ4v) is 6.08. The lowest BCUT2D eigenvalue weighted by atomic mass is 9.96. The number of thiophene rings is 1. The zero-order valence-corrected chi connectivity index (χ0v) is 20.9. The van der Waals surface area contributed by atoms with Gasteiger partial charge in [0.2, 0.25) is 5.91 Å². The summed E-state index contributed by atoms with van der Waals surface area (Å²) >= 11 is 2.97. The molecule has 2 amide bonds. The SMILES string of the molecule is CC(C)c1ccc(N(C(=O)C2CCCN(C(=O)c3cccs3)C2)c2nc3ccccc3s2)cc1. The lowest BCUT2D eigenvalue weighted by Gasteiger charge is -2.34. The summed E-state index contributed by atoms with van der Waals surface area (Å²) in [4.78, 5) is 36.1. The number of benzene rings is 2. The standard InChI is InChI=1S/C27H27N3O2S2/c1-18(2)19-11-13-21(14-12-19)30(27-28-22-8-3-4-9-23(22)34-27)25(31)20-7-5-15-29(17-20)26(32)24-10-6-16-33-24/h3-4,6,8-14,16,18,20H,5,7,15,17H2,1-2H3. The van der Waals surface area contributed by atoms with Crippen LogP contribution >= 0.6 is 22.7 Å². The molecule has 0 radical (unpaired) electrons. The van der Waals surface area contributed by atoms with Gasteiger partial charge < -0.3 is 4.90 Å². The highest BCUT2D eigenvalue weighted by molar-refractivity contribution is 7.22. The van der Waals surface area contributed by atoms with Crippen molar-refractivity contribution >= 4 is 55.5 Å². The number of para-hydroxylation sites is 1. The van der Waals surface area contributed by atoms with Crippen LogP contribution in [-0.2, 0) is 4.79 Å². The highest BCUT2D eigenvalue weighted by atomic mass is 32.1. The second kappa shape index (κ2) is 9.68. The van der Waals surface area contributed by atoms with Crippen LogP contribution in [-0.4, -0.2) is 34.8 Å². The molecule has 0 bridgehead atoms. The van der Waals surface area contributed by atoms with Crippen LogP contribution in [0.5, 0.6) is 0 Å². The number of hydrogen-bond donors (Lipinski definition) is 0. The monoisotopic (exact) mass is 489 g/mol. The summed E-state index contributed by atoms with van der Waals surface area (Å²) in [5, 5.41) is 2.58. The van der Waals surface area contributed by atoms with Crippen LogP contribution in [0.1, 0.15) is 47.8 Å². The van der Waals surface area contributed by atoms with E-state index in [0.29, 0.717) is 24.1 Å². The van der Waals surface area contributed by atoms with Crippen molar-refractivity contribution in [3.8, 4) is 0 Å². The predicted molar refractivity (Wildman–Crippen MR) is 140 cm³/mol. The number of nitrogens with zero attached hydrogens (tertiary/aromatic N) is 3. The lowest BCUT2D eigenvalue weighted by Crippen LogP contribution is -2.45. The normalized spacial score (nSPS) is 16.2. The molecule has 1 fully saturated rings. The smallest absolute Gasteiger partial charge is 0.263 e. The van der Waals surface area contributed by atoms with Crippen molar-refractivity contribution in [3.63, 3.8) is 0 Å². The third-order valence-electron chi connectivity index (χ3n) is 6.30. The van der Waals surface area contributed by atoms with Gasteiger partial charge >= 0.3 is 0 Å². The number of thiazole rings is 1. The highest BCUT2D eigenvalue weighted by Crippen LogP contribution is 2.36. The Labute approximate surface area is 207 Å². The Kier molecular flexibility index (Phi) is 6.48. The van der Waals surface area contributed by atoms with Crippen LogP contribution in [0, 0.1) is 5.92 Å². The molecule has 0 saturated carbocycles. The van der Waals surface area contributed by atoms with Crippen molar-refractivity contribution in [3.05, 3.63) is 76.5 Å². The number of carbonyl (C=O) groups is 2. The minimum absolute atomic E-state index is 0.0000302. The van der Waals surface area contributed by atoms with Gasteiger partial charge in [-0.1, -0.05) is 55.5 Å². The third-order valence-corrected chi connectivity index (χ3v) is 8.18. The molecule has 1 aliphatic rings. The van der Waals surface area contributed by atoms with E-state index in [1.165, 1.54) is 28.2 Å². The number of rotatable bonds is 5. The molecule has 5 nitrogen and oxygen atoms in total. The number of anilines is 2. The second-order valence-electron chi connectivity index (χ2n) is 8.95. The van der Waals surface area contributed by atoms with Crippen LogP contribution in [0.2, 0.25) is 0 Å². The quantitative estimate of drug-likeness (QED) is 0.313. The Morgan fingerprint density at radius 2 is 1.85 bits per heavy atom. The zero-order chi connectivity index (χ0) is 23.7. The molecule has 2 aromatic carbocycles. The average Bonchev–Trinajstić information content (AvgIpc) is 3.54. The van der Waals surface area contributed by atoms with Gasteiger partial charge in [0, 0.05) is 13.1 Å². The number of amides is 2. The molecule has 34 heavy (non-hydrogen) atoms. The summed E-state index contributed by atoms with van der Waals surface area (Å²) in [6.45, 7) is 5.44. The van der Waals surface area contributed by atoms with Gasteiger partial charge in [-0.2, -0.15) is 0 Å². The van der Waals surface area contributed by atoms with Crippen molar-refractivity contribution in [1.82, 2.24) is 9.88 Å². The Hall–Kier alpha value is -3.03. The largest absolute Gasteiger partial charge is 0.337 e. The minimum atomic E-state index is -0.269. The molecule has 174 valence electrons. The summed E-state index contributed by atoms with van der Waals surface area (Å²) in [5.74, 6) is 0.158. The summed E-state index contributed by atoms with van der Waals surface area (Å²) in [7, 11) is 0. The maximum absolute atomic E-state index is 14.0. The lowest BCUT2D eigenvalue weighted by molar-refractivity contribution is -0.122. The first-order valence-electron chi connectivity index (χ1n) is 11.6. The van der Waals surface area contributed by atoms with E-state index in [9.17, 15) is 9.59 Å². The van der Waals surface area contributed by atoms with Crippen molar-refractivity contribution in [2.75, 3.05) is 18.0 Å².